The van der Waals surface area contributed by atoms with Crippen molar-refractivity contribution in [1.29, 1.82) is 0 Å². The lowest BCUT2D eigenvalue weighted by atomic mass is 9.95. The van der Waals surface area contributed by atoms with Crippen LogP contribution in [0.2, 0.25) is 0 Å². The quantitative estimate of drug-likeness (QED) is 0.723. The van der Waals surface area contributed by atoms with Gasteiger partial charge in [-0.15, -0.1) is 0 Å². The van der Waals surface area contributed by atoms with Gasteiger partial charge in [0.2, 0.25) is 5.91 Å². The summed E-state index contributed by atoms with van der Waals surface area (Å²) in [6.07, 6.45) is 2.02. The summed E-state index contributed by atoms with van der Waals surface area (Å²) in [6.45, 7) is 1.31. The second-order valence-electron chi connectivity index (χ2n) is 7.46. The second-order valence-corrected chi connectivity index (χ2v) is 7.46. The number of benzene rings is 2. The third-order valence-electron chi connectivity index (χ3n) is 5.50. The molecule has 1 saturated heterocycles. The number of carbonyl (C=O) groups is 2. The summed E-state index contributed by atoms with van der Waals surface area (Å²) in [5, 5.41) is 4.13. The van der Waals surface area contributed by atoms with Gasteiger partial charge in [-0.05, 0) is 41.5 Å². The van der Waals surface area contributed by atoms with Gasteiger partial charge in [-0.2, -0.15) is 0 Å². The van der Waals surface area contributed by atoms with Crippen molar-refractivity contribution in [2.24, 2.45) is 0 Å². The summed E-state index contributed by atoms with van der Waals surface area (Å²) >= 11 is 0. The minimum atomic E-state index is -0.439. The number of hydrogen-bond acceptors (Lipinski definition) is 5. The SMILES string of the molecule is O=C(CN1CCOC1=O)NC1CCOc2ccc(-c3ccc4ncccc4c3)cc21. The highest BCUT2D eigenvalue weighted by Crippen LogP contribution is 2.36. The normalized spacial score (nSPS) is 17.9. The highest BCUT2D eigenvalue weighted by molar-refractivity contribution is 5.85. The van der Waals surface area contributed by atoms with E-state index < -0.39 is 6.09 Å². The van der Waals surface area contributed by atoms with E-state index in [1.807, 2.05) is 36.4 Å². The van der Waals surface area contributed by atoms with Crippen molar-refractivity contribution < 1.29 is 19.1 Å². The lowest BCUT2D eigenvalue weighted by Gasteiger charge is -2.28. The van der Waals surface area contributed by atoms with Crippen molar-refractivity contribution in [1.82, 2.24) is 15.2 Å². The Balaban J connectivity index is 1.39. The van der Waals surface area contributed by atoms with Crippen molar-refractivity contribution in [3.05, 3.63) is 60.3 Å². The minimum Gasteiger partial charge on any atom is -0.493 e. The van der Waals surface area contributed by atoms with Gasteiger partial charge in [0.15, 0.2) is 0 Å². The van der Waals surface area contributed by atoms with Crippen LogP contribution in [0.25, 0.3) is 22.0 Å². The summed E-state index contributed by atoms with van der Waals surface area (Å²) in [6, 6.07) is 16.0. The average molecular weight is 403 g/mol. The van der Waals surface area contributed by atoms with E-state index in [0.29, 0.717) is 26.2 Å². The number of rotatable bonds is 4. The molecular formula is C23H21N3O4. The fourth-order valence-corrected chi connectivity index (χ4v) is 3.96. The van der Waals surface area contributed by atoms with E-state index in [2.05, 4.69) is 22.4 Å². The van der Waals surface area contributed by atoms with Crippen LogP contribution in [0.15, 0.2) is 54.7 Å². The Morgan fingerprint density at radius 1 is 1.10 bits per heavy atom. The van der Waals surface area contributed by atoms with Gasteiger partial charge in [0, 0.05) is 23.6 Å². The van der Waals surface area contributed by atoms with Gasteiger partial charge >= 0.3 is 6.09 Å². The molecule has 2 aliphatic heterocycles. The lowest BCUT2D eigenvalue weighted by Crippen LogP contribution is -2.40. The van der Waals surface area contributed by atoms with Crippen molar-refractivity contribution >= 4 is 22.9 Å². The van der Waals surface area contributed by atoms with E-state index in [1.165, 1.54) is 4.90 Å². The summed E-state index contributed by atoms with van der Waals surface area (Å²) in [5.41, 5.74) is 4.02. The summed E-state index contributed by atoms with van der Waals surface area (Å²) in [7, 11) is 0. The van der Waals surface area contributed by atoms with Gasteiger partial charge in [-0.25, -0.2) is 4.79 Å². The van der Waals surface area contributed by atoms with Crippen molar-refractivity contribution in [2.45, 2.75) is 12.5 Å². The predicted octanol–water partition coefficient (Wildman–Crippen LogP) is 3.29. The Kier molecular flexibility index (Phi) is 4.71. The van der Waals surface area contributed by atoms with Crippen LogP contribution in [-0.4, -0.2) is 48.2 Å². The first kappa shape index (κ1) is 18.4. The first-order valence-electron chi connectivity index (χ1n) is 10.0. The largest absolute Gasteiger partial charge is 0.493 e. The van der Waals surface area contributed by atoms with E-state index in [4.69, 9.17) is 9.47 Å². The molecule has 1 atom stereocenters. The molecule has 1 aromatic heterocycles. The number of ether oxygens (including phenoxy) is 2. The summed E-state index contributed by atoms with van der Waals surface area (Å²) in [4.78, 5) is 29.9. The molecule has 1 unspecified atom stereocenters. The standard InChI is InChI=1S/C23H21N3O4/c27-22(14-26-9-11-30-23(26)28)25-20-7-10-29-21-6-4-16(13-18(20)21)15-3-5-19-17(12-15)2-1-8-24-19/h1-6,8,12-13,20H,7,9-11,14H2,(H,25,27). The van der Waals surface area contributed by atoms with Crippen LogP contribution in [0.5, 0.6) is 5.75 Å². The lowest BCUT2D eigenvalue weighted by molar-refractivity contribution is -0.122. The first-order chi connectivity index (χ1) is 14.7. The molecule has 1 N–H and O–H groups in total. The maximum absolute atomic E-state index is 12.5. The van der Waals surface area contributed by atoms with E-state index in [9.17, 15) is 9.59 Å². The Hall–Kier alpha value is -3.61. The maximum atomic E-state index is 12.5. The number of cyclic esters (lactones) is 1. The van der Waals surface area contributed by atoms with Crippen LogP contribution in [0.1, 0.15) is 18.0 Å². The second kappa shape index (κ2) is 7.67. The van der Waals surface area contributed by atoms with E-state index in [0.717, 1.165) is 33.3 Å². The molecule has 3 aromatic rings. The molecule has 2 amide bonds. The fraction of sp³-hybridized carbons (Fsp3) is 0.261. The molecule has 0 bridgehead atoms. The molecule has 0 saturated carbocycles. The molecule has 7 heteroatoms. The molecular weight excluding hydrogens is 382 g/mol. The maximum Gasteiger partial charge on any atom is 0.410 e. The molecule has 30 heavy (non-hydrogen) atoms. The van der Waals surface area contributed by atoms with Crippen LogP contribution >= 0.6 is 0 Å². The molecule has 0 aliphatic carbocycles. The van der Waals surface area contributed by atoms with Crippen LogP contribution < -0.4 is 10.1 Å². The van der Waals surface area contributed by atoms with Gasteiger partial charge in [0.05, 0.1) is 24.7 Å². The van der Waals surface area contributed by atoms with Gasteiger partial charge < -0.3 is 14.8 Å². The van der Waals surface area contributed by atoms with E-state index in [-0.39, 0.29) is 18.5 Å². The molecule has 1 fully saturated rings. The monoisotopic (exact) mass is 403 g/mol. The van der Waals surface area contributed by atoms with Crippen molar-refractivity contribution in [2.75, 3.05) is 26.3 Å². The molecule has 3 heterocycles. The zero-order valence-electron chi connectivity index (χ0n) is 16.3. The molecule has 0 radical (unpaired) electrons. The average Bonchev–Trinajstić information content (AvgIpc) is 3.17. The highest BCUT2D eigenvalue weighted by Gasteiger charge is 2.27. The molecule has 7 nitrogen and oxygen atoms in total. The summed E-state index contributed by atoms with van der Waals surface area (Å²) < 4.78 is 10.7. The van der Waals surface area contributed by atoms with E-state index in [1.54, 1.807) is 6.20 Å². The zero-order chi connectivity index (χ0) is 20.5. The smallest absolute Gasteiger partial charge is 0.410 e. The number of nitrogens with zero attached hydrogens (tertiary/aromatic N) is 2. The zero-order valence-corrected chi connectivity index (χ0v) is 16.3. The molecule has 2 aliphatic rings. The molecule has 0 spiro atoms. The predicted molar refractivity (Wildman–Crippen MR) is 111 cm³/mol. The number of amides is 2. The van der Waals surface area contributed by atoms with Gasteiger partial charge in [-0.3, -0.25) is 14.7 Å². The third-order valence-corrected chi connectivity index (χ3v) is 5.50. The van der Waals surface area contributed by atoms with Crippen molar-refractivity contribution in [3.63, 3.8) is 0 Å². The van der Waals surface area contributed by atoms with Crippen LogP contribution in [-0.2, 0) is 9.53 Å². The molecule has 2 aromatic carbocycles. The number of fused-ring (bicyclic) bond motifs is 2. The van der Waals surface area contributed by atoms with Gasteiger partial charge in [0.1, 0.15) is 18.9 Å². The Labute approximate surface area is 173 Å². The fourth-order valence-electron chi connectivity index (χ4n) is 3.96. The number of pyridine rings is 1. The topological polar surface area (TPSA) is 80.8 Å². The number of carbonyl (C=O) groups excluding carboxylic acids is 2. The number of hydrogen-bond donors (Lipinski definition) is 1. The van der Waals surface area contributed by atoms with Crippen LogP contribution in [0, 0.1) is 0 Å². The Bertz CT molecular complexity index is 1130. The highest BCUT2D eigenvalue weighted by atomic mass is 16.6. The Morgan fingerprint density at radius 3 is 2.83 bits per heavy atom. The third kappa shape index (κ3) is 3.54. The van der Waals surface area contributed by atoms with Crippen LogP contribution in [0.4, 0.5) is 4.79 Å². The molecule has 152 valence electrons. The first-order valence-corrected chi connectivity index (χ1v) is 10.0. The van der Waals surface area contributed by atoms with Gasteiger partial charge in [-0.1, -0.05) is 18.2 Å². The van der Waals surface area contributed by atoms with Crippen molar-refractivity contribution in [3.8, 4) is 16.9 Å². The minimum absolute atomic E-state index is 0.00287. The summed E-state index contributed by atoms with van der Waals surface area (Å²) in [5.74, 6) is 0.576. The van der Waals surface area contributed by atoms with Gasteiger partial charge in [0.25, 0.3) is 0 Å². The van der Waals surface area contributed by atoms with E-state index >= 15 is 0 Å². The molecule has 5 rings (SSSR count). The van der Waals surface area contributed by atoms with Crippen LogP contribution in [0.3, 0.4) is 0 Å². The number of aromatic nitrogens is 1. The Morgan fingerprint density at radius 2 is 1.97 bits per heavy atom. The number of nitrogens with one attached hydrogen (secondary N) is 1.